The van der Waals surface area contributed by atoms with Gasteiger partial charge in [-0.25, -0.2) is 0 Å². The molecule has 0 saturated heterocycles. The topological polar surface area (TPSA) is 62.0 Å². The summed E-state index contributed by atoms with van der Waals surface area (Å²) in [6.45, 7) is 1.49. The van der Waals surface area contributed by atoms with E-state index in [4.69, 9.17) is 0 Å². The molecule has 4 nitrogen and oxygen atoms in total. The molecule has 4 rings (SSSR count). The first kappa shape index (κ1) is 12.8. The minimum absolute atomic E-state index is 0.0619. The highest BCUT2D eigenvalue weighted by atomic mass is 16.1. The van der Waals surface area contributed by atoms with E-state index in [0.717, 1.165) is 45.3 Å². The van der Waals surface area contributed by atoms with Crippen molar-refractivity contribution in [2.45, 2.75) is 13.3 Å². The molecule has 2 aromatic carbocycles. The van der Waals surface area contributed by atoms with Gasteiger partial charge in [0.25, 0.3) is 5.56 Å². The first-order valence-corrected chi connectivity index (χ1v) is 7.18. The molecule has 1 amide bonds. The quantitative estimate of drug-likeness (QED) is 0.566. The van der Waals surface area contributed by atoms with Gasteiger partial charge in [0.1, 0.15) is 0 Å². The zero-order chi connectivity index (χ0) is 15.3. The number of amides is 1. The summed E-state index contributed by atoms with van der Waals surface area (Å²) in [6, 6.07) is 13.5. The van der Waals surface area contributed by atoms with Crippen molar-refractivity contribution in [1.82, 2.24) is 4.98 Å². The highest BCUT2D eigenvalue weighted by Gasteiger charge is 2.22. The van der Waals surface area contributed by atoms with Crippen molar-refractivity contribution in [2.75, 3.05) is 5.32 Å². The molecule has 0 bridgehead atoms. The van der Waals surface area contributed by atoms with Crippen molar-refractivity contribution < 1.29 is 4.79 Å². The van der Waals surface area contributed by atoms with Crippen LogP contribution in [0.3, 0.4) is 0 Å². The lowest BCUT2D eigenvalue weighted by atomic mass is 10.0. The standard InChI is InChI=1S/C18H14N2O2/c1-10(21)19-12-6-7-13-11(8-12)9-16-14-4-2-3-5-15(14)18(22)20-17(13)16/h2-8H,9H2,1H3,(H,19,21)(H,20,22). The van der Waals surface area contributed by atoms with Gasteiger partial charge in [-0.2, -0.15) is 0 Å². The van der Waals surface area contributed by atoms with E-state index < -0.39 is 0 Å². The van der Waals surface area contributed by atoms with Crippen LogP contribution in [0.1, 0.15) is 18.1 Å². The Labute approximate surface area is 126 Å². The van der Waals surface area contributed by atoms with Crippen LogP contribution in [0.25, 0.3) is 22.0 Å². The fraction of sp³-hybridized carbons (Fsp3) is 0.111. The molecule has 22 heavy (non-hydrogen) atoms. The summed E-state index contributed by atoms with van der Waals surface area (Å²) in [5.41, 5.74) is 4.91. The van der Waals surface area contributed by atoms with E-state index >= 15 is 0 Å². The zero-order valence-corrected chi connectivity index (χ0v) is 12.1. The predicted octanol–water partition coefficient (Wildman–Crippen LogP) is 3.06. The molecule has 1 aliphatic carbocycles. The van der Waals surface area contributed by atoms with Gasteiger partial charge in [0.2, 0.25) is 5.91 Å². The molecule has 0 radical (unpaired) electrons. The number of rotatable bonds is 1. The molecule has 4 heteroatoms. The summed E-state index contributed by atoms with van der Waals surface area (Å²) in [6.07, 6.45) is 0.759. The van der Waals surface area contributed by atoms with Gasteiger partial charge in [-0.3, -0.25) is 9.59 Å². The molecule has 0 fully saturated rings. The van der Waals surface area contributed by atoms with Crippen LogP contribution in [0, 0.1) is 0 Å². The third kappa shape index (κ3) is 1.84. The Kier molecular flexibility index (Phi) is 2.66. The monoisotopic (exact) mass is 290 g/mol. The lowest BCUT2D eigenvalue weighted by Crippen LogP contribution is -2.08. The Balaban J connectivity index is 1.92. The highest BCUT2D eigenvalue weighted by Crippen LogP contribution is 2.38. The Morgan fingerprint density at radius 3 is 2.68 bits per heavy atom. The van der Waals surface area contributed by atoms with E-state index in [1.165, 1.54) is 6.92 Å². The van der Waals surface area contributed by atoms with Crippen LogP contribution in [-0.2, 0) is 11.2 Å². The minimum atomic E-state index is -0.0886. The summed E-state index contributed by atoms with van der Waals surface area (Å²) in [4.78, 5) is 26.4. The van der Waals surface area contributed by atoms with Crippen molar-refractivity contribution in [2.24, 2.45) is 0 Å². The van der Waals surface area contributed by atoms with Crippen molar-refractivity contribution >= 4 is 22.4 Å². The average Bonchev–Trinajstić information content (AvgIpc) is 2.85. The van der Waals surface area contributed by atoms with Crippen molar-refractivity contribution in [3.8, 4) is 11.3 Å². The molecule has 0 spiro atoms. The number of aromatic amines is 1. The second-order valence-electron chi connectivity index (χ2n) is 5.58. The van der Waals surface area contributed by atoms with E-state index in [2.05, 4.69) is 10.3 Å². The number of pyridine rings is 1. The Bertz CT molecular complexity index is 986. The van der Waals surface area contributed by atoms with Gasteiger partial charge in [-0.1, -0.05) is 24.3 Å². The van der Waals surface area contributed by atoms with Crippen molar-refractivity contribution in [1.29, 1.82) is 0 Å². The summed E-state index contributed by atoms with van der Waals surface area (Å²) in [5.74, 6) is -0.0886. The predicted molar refractivity (Wildman–Crippen MR) is 87.1 cm³/mol. The number of hydrogen-bond acceptors (Lipinski definition) is 2. The zero-order valence-electron chi connectivity index (χ0n) is 12.1. The molecule has 1 aromatic heterocycles. The van der Waals surface area contributed by atoms with E-state index in [9.17, 15) is 9.59 Å². The molecule has 1 aliphatic rings. The Morgan fingerprint density at radius 1 is 1.14 bits per heavy atom. The van der Waals surface area contributed by atoms with Gasteiger partial charge < -0.3 is 10.3 Å². The normalized spacial score (nSPS) is 12.0. The maximum atomic E-state index is 12.2. The maximum Gasteiger partial charge on any atom is 0.256 e. The van der Waals surface area contributed by atoms with Crippen molar-refractivity contribution in [3.05, 3.63) is 63.9 Å². The lowest BCUT2D eigenvalue weighted by Gasteiger charge is -2.06. The van der Waals surface area contributed by atoms with Crippen LogP contribution < -0.4 is 10.9 Å². The Hall–Kier alpha value is -2.88. The van der Waals surface area contributed by atoms with E-state index in [0.29, 0.717) is 0 Å². The fourth-order valence-corrected chi connectivity index (χ4v) is 3.20. The molecule has 0 unspecified atom stereocenters. The minimum Gasteiger partial charge on any atom is -0.326 e. The summed E-state index contributed by atoms with van der Waals surface area (Å²) < 4.78 is 0. The molecular weight excluding hydrogens is 276 g/mol. The molecule has 0 saturated carbocycles. The number of nitrogens with one attached hydrogen (secondary N) is 2. The van der Waals surface area contributed by atoms with E-state index in [-0.39, 0.29) is 11.5 Å². The van der Waals surface area contributed by atoms with Crippen LogP contribution in [0.5, 0.6) is 0 Å². The molecule has 2 N–H and O–H groups in total. The van der Waals surface area contributed by atoms with Crippen LogP contribution in [-0.4, -0.2) is 10.9 Å². The van der Waals surface area contributed by atoms with Crippen LogP contribution in [0.2, 0.25) is 0 Å². The number of anilines is 1. The molecule has 108 valence electrons. The average molecular weight is 290 g/mol. The highest BCUT2D eigenvalue weighted by molar-refractivity contribution is 5.94. The van der Waals surface area contributed by atoms with Crippen LogP contribution in [0.15, 0.2) is 47.3 Å². The van der Waals surface area contributed by atoms with Crippen LogP contribution in [0.4, 0.5) is 5.69 Å². The summed E-state index contributed by atoms with van der Waals surface area (Å²) in [5, 5.41) is 4.52. The van der Waals surface area contributed by atoms with E-state index in [1.54, 1.807) is 0 Å². The molecular formula is C18H14N2O2. The first-order chi connectivity index (χ1) is 10.6. The number of H-pyrrole nitrogens is 1. The summed E-state index contributed by atoms with van der Waals surface area (Å²) in [7, 11) is 0. The smallest absolute Gasteiger partial charge is 0.256 e. The van der Waals surface area contributed by atoms with Gasteiger partial charge in [-0.05, 0) is 34.7 Å². The fourth-order valence-electron chi connectivity index (χ4n) is 3.20. The van der Waals surface area contributed by atoms with Gasteiger partial charge in [0.05, 0.1) is 5.69 Å². The van der Waals surface area contributed by atoms with Gasteiger partial charge in [0, 0.05) is 30.0 Å². The van der Waals surface area contributed by atoms with Crippen molar-refractivity contribution in [3.63, 3.8) is 0 Å². The van der Waals surface area contributed by atoms with Gasteiger partial charge in [0.15, 0.2) is 0 Å². The number of carbonyl (C=O) groups excluding carboxylic acids is 1. The summed E-state index contributed by atoms with van der Waals surface area (Å²) >= 11 is 0. The van der Waals surface area contributed by atoms with Gasteiger partial charge in [-0.15, -0.1) is 0 Å². The number of fused-ring (bicyclic) bond motifs is 5. The number of carbonyl (C=O) groups is 1. The number of hydrogen-bond donors (Lipinski definition) is 2. The molecule has 0 aliphatic heterocycles. The first-order valence-electron chi connectivity index (χ1n) is 7.18. The largest absolute Gasteiger partial charge is 0.326 e. The third-order valence-corrected chi connectivity index (χ3v) is 4.10. The molecule has 1 heterocycles. The van der Waals surface area contributed by atoms with Gasteiger partial charge >= 0.3 is 0 Å². The lowest BCUT2D eigenvalue weighted by molar-refractivity contribution is -0.114. The van der Waals surface area contributed by atoms with E-state index in [1.807, 2.05) is 42.5 Å². The second-order valence-corrected chi connectivity index (χ2v) is 5.58. The number of aromatic nitrogens is 1. The molecule has 3 aromatic rings. The molecule has 0 atom stereocenters. The second kappa shape index (κ2) is 4.56. The number of benzene rings is 2. The Morgan fingerprint density at radius 2 is 1.91 bits per heavy atom. The van der Waals surface area contributed by atoms with Crippen LogP contribution >= 0.6 is 0 Å². The third-order valence-electron chi connectivity index (χ3n) is 4.10. The maximum absolute atomic E-state index is 12.2. The SMILES string of the molecule is CC(=O)Nc1ccc2c(c1)Cc1c-2[nH]c(=O)c2ccccc12.